The van der Waals surface area contributed by atoms with Crippen LogP contribution in [0.15, 0.2) is 0 Å². The van der Waals surface area contributed by atoms with Gasteiger partial charge in [0.05, 0.1) is 0 Å². The third-order valence-electron chi connectivity index (χ3n) is 4.23. The third kappa shape index (κ3) is 4.07. The molecule has 19 heavy (non-hydrogen) atoms. The SMILES string of the molecule is CCC(N)C(N1CCN(CC2CC2)CC1)C(F)(F)F. The van der Waals surface area contributed by atoms with Gasteiger partial charge in [0.2, 0.25) is 0 Å². The molecule has 0 radical (unpaired) electrons. The van der Waals surface area contributed by atoms with Crippen molar-refractivity contribution in [1.82, 2.24) is 9.80 Å². The van der Waals surface area contributed by atoms with E-state index in [-0.39, 0.29) is 0 Å². The second-order valence-electron chi connectivity index (χ2n) is 5.84. The fourth-order valence-electron chi connectivity index (χ4n) is 2.83. The Hall–Kier alpha value is -0.330. The Balaban J connectivity index is 1.88. The topological polar surface area (TPSA) is 32.5 Å². The van der Waals surface area contributed by atoms with Crippen LogP contribution < -0.4 is 5.73 Å². The lowest BCUT2D eigenvalue weighted by Crippen LogP contribution is -2.60. The van der Waals surface area contributed by atoms with Crippen LogP contribution in [0.5, 0.6) is 0 Å². The highest BCUT2D eigenvalue weighted by Crippen LogP contribution is 2.31. The van der Waals surface area contributed by atoms with Gasteiger partial charge in [0, 0.05) is 38.8 Å². The fraction of sp³-hybridized carbons (Fsp3) is 1.00. The van der Waals surface area contributed by atoms with Crippen molar-refractivity contribution in [2.75, 3.05) is 32.7 Å². The van der Waals surface area contributed by atoms with Gasteiger partial charge >= 0.3 is 6.18 Å². The monoisotopic (exact) mass is 279 g/mol. The van der Waals surface area contributed by atoms with Crippen molar-refractivity contribution in [1.29, 1.82) is 0 Å². The Bertz CT molecular complexity index is 283. The van der Waals surface area contributed by atoms with Crippen LogP contribution in [0.25, 0.3) is 0 Å². The number of halogens is 3. The van der Waals surface area contributed by atoms with Crippen molar-refractivity contribution in [3.05, 3.63) is 0 Å². The minimum atomic E-state index is -4.23. The highest BCUT2D eigenvalue weighted by molar-refractivity contribution is 4.90. The second-order valence-corrected chi connectivity index (χ2v) is 5.84. The normalized spacial score (nSPS) is 26.4. The van der Waals surface area contributed by atoms with Crippen LogP contribution in [0.1, 0.15) is 26.2 Å². The first kappa shape index (κ1) is 15.1. The van der Waals surface area contributed by atoms with E-state index in [0.29, 0.717) is 19.5 Å². The molecule has 1 heterocycles. The quantitative estimate of drug-likeness (QED) is 0.831. The van der Waals surface area contributed by atoms with E-state index in [1.165, 1.54) is 17.7 Å². The van der Waals surface area contributed by atoms with Crippen LogP contribution in [0.3, 0.4) is 0 Å². The summed E-state index contributed by atoms with van der Waals surface area (Å²) >= 11 is 0. The van der Waals surface area contributed by atoms with E-state index in [4.69, 9.17) is 5.73 Å². The molecule has 0 aromatic heterocycles. The average molecular weight is 279 g/mol. The largest absolute Gasteiger partial charge is 0.405 e. The summed E-state index contributed by atoms with van der Waals surface area (Å²) in [5, 5.41) is 0. The zero-order valence-electron chi connectivity index (χ0n) is 11.5. The number of alkyl halides is 3. The smallest absolute Gasteiger partial charge is 0.326 e. The molecule has 0 aromatic carbocycles. The molecule has 0 bridgehead atoms. The van der Waals surface area contributed by atoms with Gasteiger partial charge in [0.15, 0.2) is 0 Å². The molecule has 1 saturated heterocycles. The van der Waals surface area contributed by atoms with Crippen molar-refractivity contribution < 1.29 is 13.2 Å². The summed E-state index contributed by atoms with van der Waals surface area (Å²) in [7, 11) is 0. The Morgan fingerprint density at radius 3 is 2.16 bits per heavy atom. The predicted octanol–water partition coefficient (Wildman–Crippen LogP) is 1.68. The van der Waals surface area contributed by atoms with Crippen LogP contribution in [0.4, 0.5) is 13.2 Å². The summed E-state index contributed by atoms with van der Waals surface area (Å²) in [5.41, 5.74) is 5.68. The molecule has 112 valence electrons. The first-order valence-corrected chi connectivity index (χ1v) is 7.20. The highest BCUT2D eigenvalue weighted by Gasteiger charge is 2.47. The molecular weight excluding hydrogens is 255 g/mol. The minimum absolute atomic E-state index is 0.354. The molecule has 0 spiro atoms. The molecule has 6 heteroatoms. The van der Waals surface area contributed by atoms with Crippen LogP contribution in [0, 0.1) is 5.92 Å². The fourth-order valence-corrected chi connectivity index (χ4v) is 2.83. The average Bonchev–Trinajstić information content (AvgIpc) is 3.13. The van der Waals surface area contributed by atoms with Gasteiger partial charge in [-0.2, -0.15) is 13.2 Å². The summed E-state index contributed by atoms with van der Waals surface area (Å²) in [5.74, 6) is 0.794. The molecule has 2 fully saturated rings. The van der Waals surface area contributed by atoms with Crippen LogP contribution in [-0.2, 0) is 0 Å². The van der Waals surface area contributed by atoms with E-state index in [9.17, 15) is 13.2 Å². The molecule has 2 unspecified atom stereocenters. The van der Waals surface area contributed by atoms with Crippen molar-refractivity contribution in [3.8, 4) is 0 Å². The van der Waals surface area contributed by atoms with Crippen LogP contribution in [-0.4, -0.2) is 60.8 Å². The maximum atomic E-state index is 13.1. The Kier molecular flexibility index (Phi) is 4.74. The zero-order chi connectivity index (χ0) is 14.0. The summed E-state index contributed by atoms with van der Waals surface area (Å²) in [4.78, 5) is 3.82. The number of nitrogens with zero attached hydrogens (tertiary/aromatic N) is 2. The Morgan fingerprint density at radius 2 is 1.74 bits per heavy atom. The Morgan fingerprint density at radius 1 is 1.16 bits per heavy atom. The van der Waals surface area contributed by atoms with Crippen molar-refractivity contribution in [2.24, 2.45) is 11.7 Å². The first-order chi connectivity index (χ1) is 8.91. The summed E-state index contributed by atoms with van der Waals surface area (Å²) in [6.45, 7) is 5.20. The van der Waals surface area contributed by atoms with E-state index < -0.39 is 18.3 Å². The number of nitrogens with two attached hydrogens (primary N) is 1. The maximum Gasteiger partial charge on any atom is 0.405 e. The number of piperazine rings is 1. The van der Waals surface area contributed by atoms with E-state index in [1.807, 2.05) is 0 Å². The molecule has 0 aromatic rings. The van der Waals surface area contributed by atoms with Gasteiger partial charge in [-0.25, -0.2) is 0 Å². The summed E-state index contributed by atoms with van der Waals surface area (Å²) in [6.07, 6.45) is -1.31. The van der Waals surface area contributed by atoms with E-state index in [2.05, 4.69) is 4.90 Å². The third-order valence-corrected chi connectivity index (χ3v) is 4.23. The molecule has 2 aliphatic rings. The summed E-state index contributed by atoms with van der Waals surface area (Å²) < 4.78 is 39.4. The predicted molar refractivity (Wildman–Crippen MR) is 68.8 cm³/mol. The molecule has 0 amide bonds. The van der Waals surface area contributed by atoms with E-state index in [0.717, 1.165) is 25.6 Å². The number of hydrogen-bond acceptors (Lipinski definition) is 3. The van der Waals surface area contributed by atoms with Gasteiger partial charge in [0.1, 0.15) is 6.04 Å². The molecule has 2 rings (SSSR count). The van der Waals surface area contributed by atoms with Gasteiger partial charge in [-0.05, 0) is 25.2 Å². The molecule has 1 aliphatic carbocycles. The molecule has 2 atom stereocenters. The summed E-state index contributed by atoms with van der Waals surface area (Å²) in [6, 6.07) is -2.31. The highest BCUT2D eigenvalue weighted by atomic mass is 19.4. The lowest BCUT2D eigenvalue weighted by molar-refractivity contribution is -0.193. The van der Waals surface area contributed by atoms with Gasteiger partial charge in [-0.15, -0.1) is 0 Å². The number of rotatable bonds is 5. The second kappa shape index (κ2) is 5.97. The standard InChI is InChI=1S/C13H24F3N3/c1-2-11(17)12(13(14,15)16)19-7-5-18(6-8-19)9-10-3-4-10/h10-12H,2-9,17H2,1H3. The van der Waals surface area contributed by atoms with E-state index in [1.54, 1.807) is 6.92 Å². The minimum Gasteiger partial charge on any atom is -0.326 e. The number of hydrogen-bond donors (Lipinski definition) is 1. The van der Waals surface area contributed by atoms with Gasteiger partial charge in [-0.1, -0.05) is 6.92 Å². The lowest BCUT2D eigenvalue weighted by Gasteiger charge is -2.41. The molecule has 1 saturated carbocycles. The molecule has 2 N–H and O–H groups in total. The van der Waals surface area contributed by atoms with Crippen molar-refractivity contribution in [2.45, 2.75) is 44.4 Å². The van der Waals surface area contributed by atoms with Crippen molar-refractivity contribution >= 4 is 0 Å². The Labute approximate surface area is 112 Å². The van der Waals surface area contributed by atoms with Gasteiger partial charge in [0.25, 0.3) is 0 Å². The van der Waals surface area contributed by atoms with Gasteiger partial charge in [-0.3, -0.25) is 4.90 Å². The zero-order valence-corrected chi connectivity index (χ0v) is 11.5. The first-order valence-electron chi connectivity index (χ1n) is 7.20. The maximum absolute atomic E-state index is 13.1. The molecule has 1 aliphatic heterocycles. The van der Waals surface area contributed by atoms with Crippen LogP contribution in [0.2, 0.25) is 0 Å². The van der Waals surface area contributed by atoms with Crippen molar-refractivity contribution in [3.63, 3.8) is 0 Å². The lowest BCUT2D eigenvalue weighted by atomic mass is 10.0. The molecular formula is C13H24F3N3. The molecule has 3 nitrogen and oxygen atoms in total. The van der Waals surface area contributed by atoms with Crippen LogP contribution >= 0.6 is 0 Å². The van der Waals surface area contributed by atoms with Gasteiger partial charge < -0.3 is 10.6 Å². The van der Waals surface area contributed by atoms with E-state index >= 15 is 0 Å².